The standard InChI is InChI=1S/C11H12N2O4/c1-17-8-6-7(2-5-12-8)13-9(14)11(3-4-11)10(15)16/h2,5-6H,3-4H2,1H3,(H,15,16)(H,12,13,14). The van der Waals surface area contributed by atoms with Crippen molar-refractivity contribution in [3.05, 3.63) is 18.3 Å². The number of rotatable bonds is 4. The zero-order chi connectivity index (χ0) is 12.5. The minimum absolute atomic E-state index is 0.364. The van der Waals surface area contributed by atoms with Crippen molar-refractivity contribution in [2.24, 2.45) is 5.41 Å². The Balaban J connectivity index is 2.11. The number of aliphatic carboxylic acids is 1. The van der Waals surface area contributed by atoms with Gasteiger partial charge in [-0.2, -0.15) is 0 Å². The van der Waals surface area contributed by atoms with Crippen LogP contribution in [0.3, 0.4) is 0 Å². The van der Waals surface area contributed by atoms with Gasteiger partial charge in [-0.05, 0) is 18.9 Å². The number of ether oxygens (including phenoxy) is 1. The second kappa shape index (κ2) is 4.04. The highest BCUT2D eigenvalue weighted by atomic mass is 16.5. The van der Waals surface area contributed by atoms with Crippen molar-refractivity contribution in [2.45, 2.75) is 12.8 Å². The number of hydrogen-bond donors (Lipinski definition) is 2. The molecule has 2 rings (SSSR count). The monoisotopic (exact) mass is 236 g/mol. The number of carbonyl (C=O) groups is 2. The average molecular weight is 236 g/mol. The Morgan fingerprint density at radius 3 is 2.76 bits per heavy atom. The summed E-state index contributed by atoms with van der Waals surface area (Å²) in [5, 5.41) is 11.5. The molecular formula is C11H12N2O4. The molecule has 0 unspecified atom stereocenters. The summed E-state index contributed by atoms with van der Waals surface area (Å²) in [6, 6.07) is 3.12. The normalized spacial score (nSPS) is 16.1. The number of hydrogen-bond acceptors (Lipinski definition) is 4. The first-order valence-electron chi connectivity index (χ1n) is 5.13. The maximum Gasteiger partial charge on any atom is 0.319 e. The topological polar surface area (TPSA) is 88.5 Å². The molecule has 0 spiro atoms. The molecule has 6 heteroatoms. The molecule has 90 valence electrons. The van der Waals surface area contributed by atoms with Crippen LogP contribution in [0.1, 0.15) is 12.8 Å². The predicted octanol–water partition coefficient (Wildman–Crippen LogP) is 0.893. The Hall–Kier alpha value is -2.11. The van der Waals surface area contributed by atoms with Crippen molar-refractivity contribution in [2.75, 3.05) is 12.4 Å². The summed E-state index contributed by atoms with van der Waals surface area (Å²) >= 11 is 0. The van der Waals surface area contributed by atoms with Crippen LogP contribution in [0.15, 0.2) is 18.3 Å². The summed E-state index contributed by atoms with van der Waals surface area (Å²) in [5.74, 6) is -1.20. The fraction of sp³-hybridized carbons (Fsp3) is 0.364. The number of carboxylic acid groups (broad SMARTS) is 1. The third-order valence-corrected chi connectivity index (χ3v) is 2.80. The van der Waals surface area contributed by atoms with E-state index >= 15 is 0 Å². The Kier molecular flexibility index (Phi) is 2.71. The molecule has 1 aliphatic carbocycles. The number of pyridine rings is 1. The van der Waals surface area contributed by atoms with Gasteiger partial charge in [0.25, 0.3) is 0 Å². The van der Waals surface area contributed by atoms with Crippen LogP contribution < -0.4 is 10.1 Å². The van der Waals surface area contributed by atoms with E-state index in [2.05, 4.69) is 10.3 Å². The Labute approximate surface area is 97.6 Å². The van der Waals surface area contributed by atoms with Crippen LogP contribution in [-0.4, -0.2) is 29.1 Å². The average Bonchev–Trinajstić information content (AvgIpc) is 3.10. The van der Waals surface area contributed by atoms with Gasteiger partial charge in [0.1, 0.15) is 5.41 Å². The zero-order valence-electron chi connectivity index (χ0n) is 9.27. The number of nitrogens with one attached hydrogen (secondary N) is 1. The van der Waals surface area contributed by atoms with E-state index in [1.807, 2.05) is 0 Å². The fourth-order valence-electron chi connectivity index (χ4n) is 1.51. The molecule has 0 aliphatic heterocycles. The molecule has 0 aromatic carbocycles. The summed E-state index contributed by atoms with van der Waals surface area (Å²) < 4.78 is 4.91. The summed E-state index contributed by atoms with van der Waals surface area (Å²) in [7, 11) is 1.47. The first-order chi connectivity index (χ1) is 8.08. The molecule has 1 heterocycles. The molecule has 0 radical (unpaired) electrons. The molecule has 1 aromatic rings. The van der Waals surface area contributed by atoms with E-state index in [1.54, 1.807) is 6.07 Å². The summed E-state index contributed by atoms with van der Waals surface area (Å²) in [4.78, 5) is 26.6. The van der Waals surface area contributed by atoms with Crippen LogP contribution in [0, 0.1) is 5.41 Å². The van der Waals surface area contributed by atoms with Gasteiger partial charge in [0.15, 0.2) is 0 Å². The number of aromatic nitrogens is 1. The van der Waals surface area contributed by atoms with Gasteiger partial charge < -0.3 is 15.2 Å². The van der Waals surface area contributed by atoms with E-state index < -0.39 is 17.3 Å². The van der Waals surface area contributed by atoms with Gasteiger partial charge in [-0.15, -0.1) is 0 Å². The number of carboxylic acids is 1. The fourth-order valence-corrected chi connectivity index (χ4v) is 1.51. The first-order valence-corrected chi connectivity index (χ1v) is 5.13. The quantitative estimate of drug-likeness (QED) is 0.758. The molecule has 17 heavy (non-hydrogen) atoms. The lowest BCUT2D eigenvalue weighted by molar-refractivity contribution is -0.147. The maximum absolute atomic E-state index is 11.8. The zero-order valence-corrected chi connectivity index (χ0v) is 9.27. The molecular weight excluding hydrogens is 224 g/mol. The van der Waals surface area contributed by atoms with E-state index in [0.29, 0.717) is 24.4 Å². The van der Waals surface area contributed by atoms with Crippen LogP contribution in [-0.2, 0) is 9.59 Å². The number of nitrogens with zero attached hydrogens (tertiary/aromatic N) is 1. The van der Waals surface area contributed by atoms with Crippen molar-refractivity contribution in [1.29, 1.82) is 0 Å². The number of anilines is 1. The first kappa shape index (κ1) is 11.4. The van der Waals surface area contributed by atoms with Crippen LogP contribution in [0.5, 0.6) is 5.88 Å². The minimum atomic E-state index is -1.24. The van der Waals surface area contributed by atoms with E-state index in [4.69, 9.17) is 9.84 Å². The molecule has 0 atom stereocenters. The van der Waals surface area contributed by atoms with E-state index in [1.165, 1.54) is 19.4 Å². The maximum atomic E-state index is 11.8. The SMILES string of the molecule is COc1cc(NC(=O)C2(C(=O)O)CC2)ccn1. The molecule has 1 amide bonds. The van der Waals surface area contributed by atoms with Gasteiger partial charge >= 0.3 is 5.97 Å². The molecule has 2 N–H and O–H groups in total. The second-order valence-corrected chi connectivity index (χ2v) is 3.93. The van der Waals surface area contributed by atoms with Crippen LogP contribution >= 0.6 is 0 Å². The summed E-state index contributed by atoms with van der Waals surface area (Å²) in [6.07, 6.45) is 2.25. The van der Waals surface area contributed by atoms with Gasteiger partial charge in [-0.1, -0.05) is 0 Å². The molecule has 1 fully saturated rings. The lowest BCUT2D eigenvalue weighted by Crippen LogP contribution is -2.31. The summed E-state index contributed by atoms with van der Waals surface area (Å²) in [6.45, 7) is 0. The van der Waals surface area contributed by atoms with Crippen LogP contribution in [0.4, 0.5) is 5.69 Å². The van der Waals surface area contributed by atoms with Crippen molar-refractivity contribution in [3.8, 4) is 5.88 Å². The van der Waals surface area contributed by atoms with Crippen molar-refractivity contribution in [3.63, 3.8) is 0 Å². The lowest BCUT2D eigenvalue weighted by atomic mass is 10.1. The van der Waals surface area contributed by atoms with Crippen LogP contribution in [0.25, 0.3) is 0 Å². The molecule has 0 saturated heterocycles. The highest BCUT2D eigenvalue weighted by Crippen LogP contribution is 2.46. The predicted molar refractivity (Wildman–Crippen MR) is 58.7 cm³/mol. The van der Waals surface area contributed by atoms with Crippen LogP contribution in [0.2, 0.25) is 0 Å². The molecule has 1 aromatic heterocycles. The van der Waals surface area contributed by atoms with Gasteiger partial charge in [0, 0.05) is 18.0 Å². The molecule has 1 saturated carbocycles. The second-order valence-electron chi connectivity index (χ2n) is 3.93. The highest BCUT2D eigenvalue weighted by Gasteiger charge is 2.57. The van der Waals surface area contributed by atoms with E-state index in [0.717, 1.165) is 0 Å². The smallest absolute Gasteiger partial charge is 0.319 e. The van der Waals surface area contributed by atoms with E-state index in [-0.39, 0.29) is 0 Å². The third-order valence-electron chi connectivity index (χ3n) is 2.80. The minimum Gasteiger partial charge on any atom is -0.481 e. The van der Waals surface area contributed by atoms with Gasteiger partial charge in [0.2, 0.25) is 11.8 Å². The number of carbonyl (C=O) groups excluding carboxylic acids is 1. The number of amides is 1. The Morgan fingerprint density at radius 1 is 1.53 bits per heavy atom. The van der Waals surface area contributed by atoms with Crippen molar-refractivity contribution in [1.82, 2.24) is 4.98 Å². The molecule has 1 aliphatic rings. The van der Waals surface area contributed by atoms with Gasteiger partial charge in [-0.3, -0.25) is 9.59 Å². The van der Waals surface area contributed by atoms with Crippen molar-refractivity contribution < 1.29 is 19.4 Å². The third kappa shape index (κ3) is 2.06. The molecule has 0 bridgehead atoms. The molecule has 6 nitrogen and oxygen atoms in total. The Morgan fingerprint density at radius 2 is 2.24 bits per heavy atom. The van der Waals surface area contributed by atoms with Gasteiger partial charge in [0.05, 0.1) is 7.11 Å². The van der Waals surface area contributed by atoms with Gasteiger partial charge in [-0.25, -0.2) is 4.98 Å². The summed E-state index contributed by atoms with van der Waals surface area (Å²) in [5.41, 5.74) is -0.759. The highest BCUT2D eigenvalue weighted by molar-refractivity contribution is 6.10. The lowest BCUT2D eigenvalue weighted by Gasteiger charge is -2.10. The van der Waals surface area contributed by atoms with E-state index in [9.17, 15) is 9.59 Å². The largest absolute Gasteiger partial charge is 0.481 e. The van der Waals surface area contributed by atoms with Crippen molar-refractivity contribution >= 4 is 17.6 Å². The number of methoxy groups -OCH3 is 1. The Bertz CT molecular complexity index is 468.